The molecule has 11 heteroatoms. The zero-order valence-corrected chi connectivity index (χ0v) is 19.6. The Hall–Kier alpha value is -2.76. The molecule has 176 valence electrons. The molecule has 2 bridgehead atoms. The highest BCUT2D eigenvalue weighted by atomic mass is 32.2. The summed E-state index contributed by atoms with van der Waals surface area (Å²) in [4.78, 5) is 9.46. The Balaban J connectivity index is 1.36. The Kier molecular flexibility index (Phi) is 5.94. The Morgan fingerprint density at radius 1 is 1.18 bits per heavy atom. The quantitative estimate of drug-likeness (QED) is 0.458. The molecule has 2 aromatic heterocycles. The third kappa shape index (κ3) is 4.53. The van der Waals surface area contributed by atoms with Crippen molar-refractivity contribution >= 4 is 38.5 Å². The van der Waals surface area contributed by atoms with E-state index in [2.05, 4.69) is 20.8 Å². The maximum atomic E-state index is 12.8. The Morgan fingerprint density at radius 2 is 1.94 bits per heavy atom. The van der Waals surface area contributed by atoms with Gasteiger partial charge in [0.2, 0.25) is 16.0 Å². The maximum absolute atomic E-state index is 12.8. The van der Waals surface area contributed by atoms with Crippen molar-refractivity contribution in [2.75, 3.05) is 30.1 Å². The summed E-state index contributed by atoms with van der Waals surface area (Å²) in [6.45, 7) is 2.16. The average molecular weight is 472 g/mol. The van der Waals surface area contributed by atoms with E-state index in [1.807, 2.05) is 37.3 Å². The molecule has 2 aliphatic rings. The molecule has 0 saturated carbocycles. The van der Waals surface area contributed by atoms with E-state index in [1.54, 1.807) is 4.31 Å². The van der Waals surface area contributed by atoms with E-state index in [1.165, 1.54) is 7.11 Å². The number of aryl methyl sites for hydroxylation is 1. The fourth-order valence-electron chi connectivity index (χ4n) is 5.02. The molecule has 10 nitrogen and oxygen atoms in total. The van der Waals surface area contributed by atoms with Gasteiger partial charge in [0.1, 0.15) is 5.82 Å². The van der Waals surface area contributed by atoms with Crippen LogP contribution in [0, 0.1) is 6.92 Å². The van der Waals surface area contributed by atoms with Crippen LogP contribution in [0.1, 0.15) is 31.4 Å². The lowest BCUT2D eigenvalue weighted by atomic mass is 10.00. The lowest BCUT2D eigenvalue weighted by molar-refractivity contribution is 0.207. The minimum Gasteiger partial charge on any atom is -0.384 e. The normalized spacial score (nSPS) is 23.2. The van der Waals surface area contributed by atoms with E-state index in [9.17, 15) is 8.42 Å². The highest BCUT2D eigenvalue weighted by Crippen LogP contribution is 2.39. The predicted molar refractivity (Wildman–Crippen MR) is 127 cm³/mol. The molecule has 4 heterocycles. The van der Waals surface area contributed by atoms with E-state index < -0.39 is 10.0 Å². The largest absolute Gasteiger partial charge is 0.384 e. The number of hydrogen-bond donors (Lipinski definition) is 3. The van der Waals surface area contributed by atoms with E-state index in [-0.39, 0.29) is 30.5 Å². The topological polar surface area (TPSA) is 125 Å². The van der Waals surface area contributed by atoms with Gasteiger partial charge in [0.05, 0.1) is 17.9 Å². The summed E-state index contributed by atoms with van der Waals surface area (Å²) in [7, 11) is -1.79. The summed E-state index contributed by atoms with van der Waals surface area (Å²) >= 11 is 0. The van der Waals surface area contributed by atoms with Crippen molar-refractivity contribution in [3.63, 3.8) is 0 Å². The molecule has 3 atom stereocenters. The van der Waals surface area contributed by atoms with Gasteiger partial charge in [0.25, 0.3) is 0 Å². The van der Waals surface area contributed by atoms with E-state index in [0.717, 1.165) is 42.3 Å². The van der Waals surface area contributed by atoms with E-state index in [4.69, 9.17) is 14.7 Å². The van der Waals surface area contributed by atoms with Crippen LogP contribution in [-0.4, -0.2) is 70.5 Å². The highest BCUT2D eigenvalue weighted by molar-refractivity contribution is 7.89. The number of hydrogen-bond acceptors (Lipinski definition) is 8. The van der Waals surface area contributed by atoms with Crippen LogP contribution in [-0.2, 0) is 14.8 Å². The van der Waals surface area contributed by atoms with Crippen molar-refractivity contribution in [2.24, 2.45) is 0 Å². The minimum atomic E-state index is -3.32. The standard InChI is InChI=1S/C22H29N7O3S/c1-14-11-20(28-27-14)25-21-18-5-3-4-6-19(18)24-22(26-21)23-15-12-16-7-8-17(13-15)29(16)33(30,31)10-9-32-2/h3-6,11,15-17H,7-10,12-13H2,1-2H3,(H3,23,24,25,26,27,28)/t15-,16-,17+. The minimum absolute atomic E-state index is 0.00758. The SMILES string of the molecule is COCCS(=O)(=O)N1[C@@H]2CC[C@H]1C[C@H](Nc1nc(Nc3cc(C)[nH]n3)c3ccccc3n1)C2. The van der Waals surface area contributed by atoms with Gasteiger partial charge in [-0.25, -0.2) is 13.4 Å². The molecule has 0 amide bonds. The predicted octanol–water partition coefficient (Wildman–Crippen LogP) is 2.79. The number of aromatic nitrogens is 4. The van der Waals surface area contributed by atoms with E-state index >= 15 is 0 Å². The first-order valence-electron chi connectivity index (χ1n) is 11.3. The van der Waals surface area contributed by atoms with E-state index in [0.29, 0.717) is 17.6 Å². The summed E-state index contributed by atoms with van der Waals surface area (Å²) in [5.41, 5.74) is 1.78. The Morgan fingerprint density at radius 3 is 2.64 bits per heavy atom. The van der Waals surface area contributed by atoms with Gasteiger partial charge in [-0.1, -0.05) is 12.1 Å². The number of methoxy groups -OCH3 is 1. The monoisotopic (exact) mass is 471 g/mol. The number of fused-ring (bicyclic) bond motifs is 3. The third-order valence-corrected chi connectivity index (χ3v) is 8.34. The Labute approximate surface area is 193 Å². The fourth-order valence-corrected chi connectivity index (χ4v) is 6.90. The molecule has 33 heavy (non-hydrogen) atoms. The van der Waals surface area contributed by atoms with Crippen LogP contribution in [0.5, 0.6) is 0 Å². The van der Waals surface area contributed by atoms with Gasteiger partial charge >= 0.3 is 0 Å². The number of ether oxygens (including phenoxy) is 1. The summed E-state index contributed by atoms with van der Waals surface area (Å²) in [5, 5.41) is 14.9. The van der Waals surface area contributed by atoms with Crippen molar-refractivity contribution in [3.05, 3.63) is 36.0 Å². The lowest BCUT2D eigenvalue weighted by Gasteiger charge is -2.38. The molecule has 0 radical (unpaired) electrons. The third-order valence-electron chi connectivity index (χ3n) is 6.42. The van der Waals surface area contributed by atoms with Gasteiger partial charge in [0, 0.05) is 42.4 Å². The molecule has 0 spiro atoms. The van der Waals surface area contributed by atoms with Crippen LogP contribution in [0.2, 0.25) is 0 Å². The van der Waals surface area contributed by atoms with Gasteiger partial charge in [-0.05, 0) is 44.7 Å². The van der Waals surface area contributed by atoms with Gasteiger partial charge in [0.15, 0.2) is 5.82 Å². The molecule has 2 aliphatic heterocycles. The number of benzene rings is 1. The molecule has 2 fully saturated rings. The number of piperidine rings is 1. The molecule has 3 aromatic rings. The van der Waals surface area contributed by atoms with Gasteiger partial charge in [-0.3, -0.25) is 5.10 Å². The van der Waals surface area contributed by atoms with Crippen molar-refractivity contribution < 1.29 is 13.2 Å². The number of aromatic amines is 1. The molecule has 0 unspecified atom stereocenters. The number of para-hydroxylation sites is 1. The molecular formula is C22H29N7O3S. The first kappa shape index (κ1) is 22.1. The average Bonchev–Trinajstić information content (AvgIpc) is 3.33. The van der Waals surface area contributed by atoms with Crippen LogP contribution in [0.25, 0.3) is 10.9 Å². The fraction of sp³-hybridized carbons (Fsp3) is 0.500. The molecule has 3 N–H and O–H groups in total. The lowest BCUT2D eigenvalue weighted by Crippen LogP contribution is -2.50. The van der Waals surface area contributed by atoms with Crippen molar-refractivity contribution in [2.45, 2.75) is 50.7 Å². The van der Waals surface area contributed by atoms with Crippen LogP contribution >= 0.6 is 0 Å². The molecule has 1 aromatic carbocycles. The van der Waals surface area contributed by atoms with Crippen LogP contribution < -0.4 is 10.6 Å². The Bertz CT molecular complexity index is 1230. The van der Waals surface area contributed by atoms with Crippen molar-refractivity contribution in [1.29, 1.82) is 0 Å². The van der Waals surface area contributed by atoms with Gasteiger partial charge < -0.3 is 15.4 Å². The number of nitrogens with zero attached hydrogens (tertiary/aromatic N) is 4. The number of H-pyrrole nitrogens is 1. The number of sulfonamides is 1. The second-order valence-corrected chi connectivity index (χ2v) is 10.8. The van der Waals surface area contributed by atoms with Crippen LogP contribution in [0.3, 0.4) is 0 Å². The zero-order chi connectivity index (χ0) is 23.0. The van der Waals surface area contributed by atoms with Crippen molar-refractivity contribution in [3.8, 4) is 0 Å². The number of nitrogens with one attached hydrogen (secondary N) is 3. The summed E-state index contributed by atoms with van der Waals surface area (Å²) < 4.78 is 32.4. The first-order valence-corrected chi connectivity index (χ1v) is 12.9. The van der Waals surface area contributed by atoms with Crippen LogP contribution in [0.15, 0.2) is 30.3 Å². The first-order chi connectivity index (χ1) is 15.9. The second-order valence-electron chi connectivity index (χ2n) is 8.81. The van der Waals surface area contributed by atoms with Crippen molar-refractivity contribution in [1.82, 2.24) is 24.5 Å². The summed E-state index contributed by atoms with van der Waals surface area (Å²) in [5.74, 6) is 1.93. The molecule has 5 rings (SSSR count). The highest BCUT2D eigenvalue weighted by Gasteiger charge is 2.46. The summed E-state index contributed by atoms with van der Waals surface area (Å²) in [6.07, 6.45) is 3.25. The maximum Gasteiger partial charge on any atom is 0.225 e. The molecular weight excluding hydrogens is 442 g/mol. The molecule has 0 aliphatic carbocycles. The van der Waals surface area contributed by atoms with Gasteiger partial charge in [-0.15, -0.1) is 0 Å². The zero-order valence-electron chi connectivity index (χ0n) is 18.8. The molecule has 2 saturated heterocycles. The van der Waals surface area contributed by atoms with Crippen LogP contribution in [0.4, 0.5) is 17.6 Å². The second kappa shape index (κ2) is 8.88. The summed E-state index contributed by atoms with van der Waals surface area (Å²) in [6, 6.07) is 9.88. The number of anilines is 3. The van der Waals surface area contributed by atoms with Gasteiger partial charge in [-0.2, -0.15) is 14.4 Å². The smallest absolute Gasteiger partial charge is 0.225 e. The number of rotatable bonds is 8.